The van der Waals surface area contributed by atoms with Gasteiger partial charge in [-0.3, -0.25) is 0 Å². The van der Waals surface area contributed by atoms with Gasteiger partial charge in [-0.05, 0) is 38.6 Å². The monoisotopic (exact) mass is 284 g/mol. The van der Waals surface area contributed by atoms with E-state index in [0.717, 1.165) is 13.1 Å². The molecule has 1 aromatic carbocycles. The van der Waals surface area contributed by atoms with Crippen LogP contribution in [0.4, 0.5) is 8.78 Å². The van der Waals surface area contributed by atoms with Crippen LogP contribution in [0.2, 0.25) is 0 Å². The minimum atomic E-state index is -0.372. The number of hydrogen-bond donors (Lipinski definition) is 1. The topological polar surface area (TPSA) is 24.5 Å². The molecule has 0 aliphatic carbocycles. The molecule has 0 aromatic heterocycles. The molecule has 1 N–H and O–H groups in total. The van der Waals surface area contributed by atoms with Gasteiger partial charge in [0.15, 0.2) is 0 Å². The summed E-state index contributed by atoms with van der Waals surface area (Å²) < 4.78 is 33.0. The first-order valence-corrected chi connectivity index (χ1v) is 6.96. The van der Waals surface area contributed by atoms with Gasteiger partial charge < -0.3 is 15.0 Å². The van der Waals surface area contributed by atoms with Crippen molar-refractivity contribution in [2.24, 2.45) is 0 Å². The van der Waals surface area contributed by atoms with E-state index in [1.165, 1.54) is 12.1 Å². The lowest BCUT2D eigenvalue weighted by atomic mass is 10.0. The molecule has 1 aromatic rings. The molecule has 1 heterocycles. The Morgan fingerprint density at radius 1 is 1.40 bits per heavy atom. The van der Waals surface area contributed by atoms with Crippen molar-refractivity contribution in [3.05, 3.63) is 34.9 Å². The second-order valence-electron chi connectivity index (χ2n) is 5.51. The van der Waals surface area contributed by atoms with Crippen LogP contribution in [0.5, 0.6) is 0 Å². The Kier molecular flexibility index (Phi) is 5.07. The summed E-state index contributed by atoms with van der Waals surface area (Å²) in [6.07, 6.45) is 0.0922. The van der Waals surface area contributed by atoms with Crippen molar-refractivity contribution in [1.29, 1.82) is 0 Å². The van der Waals surface area contributed by atoms with E-state index >= 15 is 0 Å². The van der Waals surface area contributed by atoms with Crippen molar-refractivity contribution < 1.29 is 13.5 Å². The summed E-state index contributed by atoms with van der Waals surface area (Å²) in [6.45, 7) is 6.52. The third-order valence-electron chi connectivity index (χ3n) is 3.74. The summed E-state index contributed by atoms with van der Waals surface area (Å²) in [7, 11) is 2.05. The minimum absolute atomic E-state index is 0.0922. The molecule has 0 saturated carbocycles. The molecule has 0 amide bonds. The summed E-state index contributed by atoms with van der Waals surface area (Å²) in [4.78, 5) is 2.20. The number of nitrogens with zero attached hydrogens (tertiary/aromatic N) is 1. The highest BCUT2D eigenvalue weighted by Crippen LogP contribution is 2.20. The van der Waals surface area contributed by atoms with E-state index in [0.29, 0.717) is 24.3 Å². The molecular weight excluding hydrogens is 262 g/mol. The smallest absolute Gasteiger partial charge is 0.128 e. The maximum absolute atomic E-state index is 13.9. The molecule has 2 atom stereocenters. The Bertz CT molecular complexity index is 467. The molecule has 0 bridgehead atoms. The number of ether oxygens (including phenoxy) is 1. The van der Waals surface area contributed by atoms with Gasteiger partial charge in [0, 0.05) is 31.2 Å². The van der Waals surface area contributed by atoms with Crippen LogP contribution in [-0.4, -0.2) is 44.3 Å². The number of morpholine rings is 1. The van der Waals surface area contributed by atoms with E-state index in [1.807, 2.05) is 14.0 Å². The SMILES string of the molecule is Cc1cc(F)c(C(C)NCC2CN(C)CCO2)cc1F. The Morgan fingerprint density at radius 3 is 2.85 bits per heavy atom. The largest absolute Gasteiger partial charge is 0.374 e. The van der Waals surface area contributed by atoms with E-state index in [9.17, 15) is 8.78 Å². The van der Waals surface area contributed by atoms with Gasteiger partial charge in [-0.15, -0.1) is 0 Å². The lowest BCUT2D eigenvalue weighted by molar-refractivity contribution is -0.0191. The number of rotatable bonds is 4. The van der Waals surface area contributed by atoms with Crippen molar-refractivity contribution in [2.75, 3.05) is 33.3 Å². The van der Waals surface area contributed by atoms with E-state index in [4.69, 9.17) is 4.74 Å². The van der Waals surface area contributed by atoms with Gasteiger partial charge in [-0.1, -0.05) is 0 Å². The number of halogens is 2. The summed E-state index contributed by atoms with van der Waals surface area (Å²) in [5.74, 6) is -0.741. The highest BCUT2D eigenvalue weighted by molar-refractivity contribution is 5.27. The van der Waals surface area contributed by atoms with Crippen LogP contribution < -0.4 is 5.32 Å². The van der Waals surface area contributed by atoms with Gasteiger partial charge >= 0.3 is 0 Å². The van der Waals surface area contributed by atoms with Crippen molar-refractivity contribution in [2.45, 2.75) is 26.0 Å². The number of likely N-dealkylation sites (N-methyl/N-ethyl adjacent to an activating group) is 1. The highest BCUT2D eigenvalue weighted by atomic mass is 19.1. The molecule has 3 nitrogen and oxygen atoms in total. The predicted octanol–water partition coefficient (Wildman–Crippen LogP) is 2.25. The van der Waals surface area contributed by atoms with Crippen LogP contribution in [-0.2, 0) is 4.74 Å². The molecule has 1 fully saturated rings. The van der Waals surface area contributed by atoms with Crippen LogP contribution in [0.15, 0.2) is 12.1 Å². The summed E-state index contributed by atoms with van der Waals surface area (Å²) in [5.41, 5.74) is 0.688. The van der Waals surface area contributed by atoms with Gasteiger partial charge in [0.2, 0.25) is 0 Å². The zero-order valence-electron chi connectivity index (χ0n) is 12.2. The van der Waals surface area contributed by atoms with Crippen LogP contribution in [0, 0.1) is 18.6 Å². The normalized spacial score (nSPS) is 21.9. The zero-order valence-corrected chi connectivity index (χ0v) is 12.2. The fourth-order valence-corrected chi connectivity index (χ4v) is 2.40. The van der Waals surface area contributed by atoms with Crippen LogP contribution in [0.1, 0.15) is 24.1 Å². The average molecular weight is 284 g/mol. The van der Waals surface area contributed by atoms with E-state index in [1.54, 1.807) is 6.92 Å². The molecule has 2 unspecified atom stereocenters. The van der Waals surface area contributed by atoms with Crippen molar-refractivity contribution in [1.82, 2.24) is 10.2 Å². The molecule has 5 heteroatoms. The molecule has 0 radical (unpaired) electrons. The maximum Gasteiger partial charge on any atom is 0.128 e. The summed E-state index contributed by atoms with van der Waals surface area (Å²) in [5, 5.41) is 3.22. The third kappa shape index (κ3) is 3.75. The fourth-order valence-electron chi connectivity index (χ4n) is 2.40. The van der Waals surface area contributed by atoms with Gasteiger partial charge in [-0.25, -0.2) is 8.78 Å². The Balaban J connectivity index is 1.94. The van der Waals surface area contributed by atoms with Gasteiger partial charge in [0.25, 0.3) is 0 Å². The van der Waals surface area contributed by atoms with Gasteiger partial charge in [0.1, 0.15) is 11.6 Å². The van der Waals surface area contributed by atoms with Crippen LogP contribution in [0.25, 0.3) is 0 Å². The minimum Gasteiger partial charge on any atom is -0.374 e. The molecule has 112 valence electrons. The van der Waals surface area contributed by atoms with E-state index in [2.05, 4.69) is 10.2 Å². The molecule has 1 saturated heterocycles. The second-order valence-corrected chi connectivity index (χ2v) is 5.51. The molecule has 0 spiro atoms. The number of aryl methyl sites for hydroxylation is 1. The first kappa shape index (κ1) is 15.4. The van der Waals surface area contributed by atoms with Gasteiger partial charge in [0.05, 0.1) is 12.7 Å². The fraction of sp³-hybridized carbons (Fsp3) is 0.600. The Labute approximate surface area is 118 Å². The quantitative estimate of drug-likeness (QED) is 0.918. The number of benzene rings is 1. The number of nitrogens with one attached hydrogen (secondary N) is 1. The molecular formula is C15H22F2N2O. The Morgan fingerprint density at radius 2 is 2.15 bits per heavy atom. The van der Waals surface area contributed by atoms with Crippen LogP contribution >= 0.6 is 0 Å². The van der Waals surface area contributed by atoms with E-state index in [-0.39, 0.29) is 23.8 Å². The van der Waals surface area contributed by atoms with E-state index < -0.39 is 0 Å². The standard InChI is InChI=1S/C15H22F2N2O/c1-10-6-15(17)13(7-14(10)16)11(2)18-8-12-9-19(3)4-5-20-12/h6-7,11-12,18H,4-5,8-9H2,1-3H3. The third-order valence-corrected chi connectivity index (χ3v) is 3.74. The second kappa shape index (κ2) is 6.61. The van der Waals surface area contributed by atoms with Crippen LogP contribution in [0.3, 0.4) is 0 Å². The molecule has 20 heavy (non-hydrogen) atoms. The highest BCUT2D eigenvalue weighted by Gasteiger charge is 2.19. The molecule has 1 aliphatic heterocycles. The lowest BCUT2D eigenvalue weighted by Crippen LogP contribution is -2.45. The zero-order chi connectivity index (χ0) is 14.7. The summed E-state index contributed by atoms with van der Waals surface area (Å²) >= 11 is 0. The van der Waals surface area contributed by atoms with Crippen molar-refractivity contribution in [3.63, 3.8) is 0 Å². The molecule has 2 rings (SSSR count). The average Bonchev–Trinajstić information content (AvgIpc) is 2.40. The van der Waals surface area contributed by atoms with Crippen molar-refractivity contribution >= 4 is 0 Å². The first-order chi connectivity index (χ1) is 9.47. The van der Waals surface area contributed by atoms with Gasteiger partial charge in [-0.2, -0.15) is 0 Å². The number of hydrogen-bond acceptors (Lipinski definition) is 3. The summed E-state index contributed by atoms with van der Waals surface area (Å²) in [6, 6.07) is 2.27. The lowest BCUT2D eigenvalue weighted by Gasteiger charge is -2.31. The predicted molar refractivity (Wildman–Crippen MR) is 74.7 cm³/mol. The van der Waals surface area contributed by atoms with Crippen molar-refractivity contribution in [3.8, 4) is 0 Å². The molecule has 1 aliphatic rings. The first-order valence-electron chi connectivity index (χ1n) is 6.96. The Hall–Kier alpha value is -1.04. The maximum atomic E-state index is 13.9.